The molecule has 0 heterocycles. The van der Waals surface area contributed by atoms with Crippen LogP contribution in [0.5, 0.6) is 0 Å². The lowest BCUT2D eigenvalue weighted by molar-refractivity contribution is -0.00000572. The van der Waals surface area contributed by atoms with Crippen molar-refractivity contribution in [2.45, 2.75) is 0 Å². The smallest absolute Gasteiger partial charge is 0.358 e. The normalized spacial score (nSPS) is 9.17. The van der Waals surface area contributed by atoms with Crippen LogP contribution in [-0.4, -0.2) is 11.4 Å². The fourth-order valence-corrected chi connectivity index (χ4v) is 2.31. The number of nitrogens with zero attached hydrogens (tertiary/aromatic N) is 1. The van der Waals surface area contributed by atoms with E-state index in [-0.39, 0.29) is 17.9 Å². The molecule has 0 fully saturated rings. The van der Waals surface area contributed by atoms with Crippen molar-refractivity contribution in [1.82, 2.24) is 4.58 Å². The second kappa shape index (κ2) is 9.35. The van der Waals surface area contributed by atoms with Gasteiger partial charge in [-0.05, 0) is 36.4 Å². The summed E-state index contributed by atoms with van der Waals surface area (Å²) in [4.78, 5) is 0. The Balaban J connectivity index is 0.00000144. The van der Waals surface area contributed by atoms with Crippen LogP contribution in [0.4, 0.5) is 17.1 Å². The minimum Gasteiger partial charge on any atom is -1.00 e. The Morgan fingerprint density at radius 2 is 1.04 bits per heavy atom. The van der Waals surface area contributed by atoms with E-state index in [9.17, 15) is 0 Å². The number of nitrogens with two attached hydrogens (primary N) is 1. The zero-order chi connectivity index (χ0) is 15.2. The third-order valence-electron chi connectivity index (χ3n) is 3.32. The van der Waals surface area contributed by atoms with Gasteiger partial charge in [-0.2, -0.15) is 4.58 Å². The maximum atomic E-state index is 6.35. The van der Waals surface area contributed by atoms with Crippen LogP contribution in [0.3, 0.4) is 0 Å². The fourth-order valence-electron chi connectivity index (χ4n) is 2.31. The molecule has 5 heteroatoms. The van der Waals surface area contributed by atoms with Crippen LogP contribution in [0.1, 0.15) is 0 Å². The molecule has 0 aromatic heterocycles. The van der Waals surface area contributed by atoms with Crippen LogP contribution in [0.2, 0.25) is 0 Å². The number of rotatable bonds is 3. The first-order valence-electron chi connectivity index (χ1n) is 7.19. The predicted molar refractivity (Wildman–Crippen MR) is 97.2 cm³/mol. The van der Waals surface area contributed by atoms with Gasteiger partial charge in [0.1, 0.15) is 11.4 Å². The van der Waals surface area contributed by atoms with Gasteiger partial charge in [0.2, 0.25) is 0 Å². The number of hydrogen-bond donors (Lipinski definition) is 2. The highest BCUT2D eigenvalue weighted by Crippen LogP contribution is 2.20. The second-order valence-electron chi connectivity index (χ2n) is 4.88. The van der Waals surface area contributed by atoms with Crippen LogP contribution >= 0.6 is 0 Å². The highest BCUT2D eigenvalue weighted by atomic mass is 35.5. The molecular weight excluding hydrogens is 322 g/mol. The number of nitrogens with one attached hydrogen (secondary N) is 1. The molecule has 24 heavy (non-hydrogen) atoms. The van der Waals surface area contributed by atoms with Crippen molar-refractivity contribution < 1.29 is 17.9 Å². The molecule has 3 aromatic carbocycles. The van der Waals surface area contributed by atoms with Crippen molar-refractivity contribution >= 4 is 23.0 Å². The van der Waals surface area contributed by atoms with E-state index in [0.29, 0.717) is 5.96 Å². The lowest BCUT2D eigenvalue weighted by Crippen LogP contribution is -3.00. The Labute approximate surface area is 148 Å². The Hall–Kier alpha value is -2.82. The van der Waals surface area contributed by atoms with Crippen LogP contribution in [-0.2, 0) is 0 Å². The molecule has 124 valence electrons. The van der Waals surface area contributed by atoms with Crippen molar-refractivity contribution in [2.24, 2.45) is 5.73 Å². The molecule has 0 spiro atoms. The number of hydrogen-bond acceptors (Lipinski definition) is 0. The van der Waals surface area contributed by atoms with Gasteiger partial charge in [0.25, 0.3) is 0 Å². The Morgan fingerprint density at radius 1 is 0.667 bits per heavy atom. The first kappa shape index (κ1) is 19.2. The van der Waals surface area contributed by atoms with E-state index >= 15 is 0 Å². The lowest BCUT2D eigenvalue weighted by atomic mass is 10.2. The fraction of sp³-hybridized carbons (Fsp3) is 0. The largest absolute Gasteiger partial charge is 1.00 e. The Bertz CT molecular complexity index is 721. The molecule has 0 saturated heterocycles. The summed E-state index contributed by atoms with van der Waals surface area (Å²) in [6.07, 6.45) is 0. The summed E-state index contributed by atoms with van der Waals surface area (Å²) in [5.74, 6) is 0.559. The standard InChI is InChI=1S/C19H17N3.ClH.H2O/c20-19(21-16-10-4-1-5-11-16)22(17-12-6-2-7-13-17)18-14-8-3-9-15-18;;/h1-15H,(H2,20,21);1H;1H2. The molecule has 3 rings (SSSR count). The minimum atomic E-state index is 0. The molecule has 0 amide bonds. The minimum absolute atomic E-state index is 0. The number of halogens is 1. The lowest BCUT2D eigenvalue weighted by Gasteiger charge is -2.11. The number of guanidine groups is 1. The first-order valence-corrected chi connectivity index (χ1v) is 7.19. The predicted octanol–water partition coefficient (Wildman–Crippen LogP) is 0.127. The van der Waals surface area contributed by atoms with Crippen molar-refractivity contribution in [3.8, 4) is 0 Å². The monoisotopic (exact) mass is 341 g/mol. The van der Waals surface area contributed by atoms with Crippen molar-refractivity contribution in [1.29, 1.82) is 0 Å². The summed E-state index contributed by atoms with van der Waals surface area (Å²) in [6, 6.07) is 30.0. The van der Waals surface area contributed by atoms with Crippen molar-refractivity contribution in [3.05, 3.63) is 91.0 Å². The van der Waals surface area contributed by atoms with Crippen LogP contribution in [0.15, 0.2) is 91.0 Å². The molecule has 4 nitrogen and oxygen atoms in total. The van der Waals surface area contributed by atoms with E-state index in [4.69, 9.17) is 5.73 Å². The van der Waals surface area contributed by atoms with E-state index in [1.165, 1.54) is 0 Å². The van der Waals surface area contributed by atoms with E-state index in [1.807, 2.05) is 95.6 Å². The van der Waals surface area contributed by atoms with Gasteiger partial charge in [-0.1, -0.05) is 54.6 Å². The van der Waals surface area contributed by atoms with Crippen LogP contribution in [0.25, 0.3) is 0 Å². The highest BCUT2D eigenvalue weighted by molar-refractivity contribution is 5.96. The van der Waals surface area contributed by atoms with Crippen molar-refractivity contribution in [2.75, 3.05) is 5.32 Å². The van der Waals surface area contributed by atoms with Crippen LogP contribution in [0, 0.1) is 0 Å². The summed E-state index contributed by atoms with van der Waals surface area (Å²) >= 11 is 0. The van der Waals surface area contributed by atoms with Gasteiger partial charge < -0.3 is 17.9 Å². The average Bonchev–Trinajstić information content (AvgIpc) is 2.58. The van der Waals surface area contributed by atoms with Gasteiger partial charge >= 0.3 is 5.96 Å². The van der Waals surface area contributed by atoms with E-state index in [1.54, 1.807) is 0 Å². The van der Waals surface area contributed by atoms with Gasteiger partial charge in [-0.25, -0.2) is 5.32 Å². The summed E-state index contributed by atoms with van der Waals surface area (Å²) in [6.45, 7) is 0. The maximum Gasteiger partial charge on any atom is 0.358 e. The molecule has 0 radical (unpaired) electrons. The molecule has 0 atom stereocenters. The Morgan fingerprint density at radius 3 is 1.46 bits per heavy atom. The van der Waals surface area contributed by atoms with Gasteiger partial charge in [-0.3, -0.25) is 5.73 Å². The molecular formula is C19H20ClN3O. The Kier molecular flexibility index (Phi) is 7.49. The molecule has 0 bridgehead atoms. The van der Waals surface area contributed by atoms with Gasteiger partial charge in [-0.15, -0.1) is 0 Å². The van der Waals surface area contributed by atoms with Crippen LogP contribution < -0.4 is 28.0 Å². The molecule has 0 unspecified atom stereocenters. The number of para-hydroxylation sites is 3. The number of benzene rings is 3. The highest BCUT2D eigenvalue weighted by Gasteiger charge is 2.13. The number of anilines is 1. The zero-order valence-electron chi connectivity index (χ0n) is 13.1. The maximum absolute atomic E-state index is 6.35. The summed E-state index contributed by atoms with van der Waals surface area (Å²) in [5, 5.41) is 3.26. The molecule has 5 N–H and O–H groups in total. The van der Waals surface area contributed by atoms with E-state index < -0.39 is 0 Å². The third kappa shape index (κ3) is 4.59. The van der Waals surface area contributed by atoms with Gasteiger partial charge in [0.15, 0.2) is 0 Å². The molecule has 0 saturated carbocycles. The molecule has 3 aromatic rings. The molecule has 0 aliphatic carbocycles. The van der Waals surface area contributed by atoms with E-state index in [2.05, 4.69) is 5.32 Å². The first-order chi connectivity index (χ1) is 10.8. The van der Waals surface area contributed by atoms with Gasteiger partial charge in [0, 0.05) is 0 Å². The molecule has 0 aliphatic rings. The summed E-state index contributed by atoms with van der Waals surface area (Å²) in [7, 11) is 0. The quantitative estimate of drug-likeness (QED) is 0.404. The summed E-state index contributed by atoms with van der Waals surface area (Å²) in [5.41, 5.74) is 9.32. The average molecular weight is 342 g/mol. The molecule has 0 aliphatic heterocycles. The topological polar surface area (TPSA) is 72.6 Å². The SMILES string of the molecule is NC(Nc1ccccc1)=[N+](c1ccccc1)c1ccccc1.O.[Cl-]. The zero-order valence-corrected chi connectivity index (χ0v) is 13.8. The van der Waals surface area contributed by atoms with E-state index in [0.717, 1.165) is 17.1 Å². The third-order valence-corrected chi connectivity index (χ3v) is 3.32. The van der Waals surface area contributed by atoms with Gasteiger partial charge in [0.05, 0.1) is 5.69 Å². The van der Waals surface area contributed by atoms with Crippen molar-refractivity contribution in [3.63, 3.8) is 0 Å². The summed E-state index contributed by atoms with van der Waals surface area (Å²) < 4.78 is 1.99. The second-order valence-corrected chi connectivity index (χ2v) is 4.88.